The van der Waals surface area contributed by atoms with Crippen LogP contribution in [0.4, 0.5) is 5.82 Å². The van der Waals surface area contributed by atoms with Gasteiger partial charge >= 0.3 is 0 Å². The van der Waals surface area contributed by atoms with E-state index in [0.29, 0.717) is 17.0 Å². The normalized spacial score (nSPS) is 11.1. The van der Waals surface area contributed by atoms with E-state index in [0.717, 1.165) is 32.1 Å². The third-order valence-corrected chi connectivity index (χ3v) is 5.33. The van der Waals surface area contributed by atoms with Crippen molar-refractivity contribution >= 4 is 49.6 Å². The third kappa shape index (κ3) is 2.38. The first kappa shape index (κ1) is 15.4. The molecule has 0 saturated heterocycles. The molecule has 1 amide bonds. The van der Waals surface area contributed by atoms with Crippen LogP contribution in [0.15, 0.2) is 48.6 Å². The van der Waals surface area contributed by atoms with Crippen molar-refractivity contribution in [1.82, 2.24) is 15.3 Å². The lowest BCUT2D eigenvalue weighted by Crippen LogP contribution is -2.18. The number of likely N-dealkylation sites (N-methyl/N-ethyl adjacent to an activating group) is 1. The molecule has 0 fully saturated rings. The van der Waals surface area contributed by atoms with Gasteiger partial charge in [-0.05, 0) is 34.5 Å². The average Bonchev–Trinajstić information content (AvgIpc) is 3.27. The first-order chi connectivity index (χ1) is 12.1. The number of nitrogens with one attached hydrogen (secondary N) is 2. The summed E-state index contributed by atoms with van der Waals surface area (Å²) in [6.07, 6.45) is 3.53. The summed E-state index contributed by atoms with van der Waals surface area (Å²) >= 11 is 1.54. The molecule has 0 atom stereocenters. The zero-order valence-electron chi connectivity index (χ0n) is 13.6. The Morgan fingerprint density at radius 1 is 1.36 bits per heavy atom. The van der Waals surface area contributed by atoms with Crippen molar-refractivity contribution in [3.8, 4) is 11.1 Å². The predicted molar refractivity (Wildman–Crippen MR) is 104 cm³/mol. The maximum Gasteiger partial charge on any atom is 0.251 e. The minimum absolute atomic E-state index is 0.225. The van der Waals surface area contributed by atoms with Gasteiger partial charge in [0.2, 0.25) is 0 Å². The van der Waals surface area contributed by atoms with Crippen molar-refractivity contribution in [2.24, 2.45) is 0 Å². The first-order valence-electron chi connectivity index (χ1n) is 7.74. The fraction of sp³-hybridized carbons (Fsp3) is 0.0526. The molecule has 0 radical (unpaired) electrons. The maximum absolute atomic E-state index is 12.0. The van der Waals surface area contributed by atoms with E-state index in [1.165, 1.54) is 0 Å². The number of aromatic amines is 1. The molecular weight excluding hydrogens is 332 g/mol. The van der Waals surface area contributed by atoms with Gasteiger partial charge in [0.25, 0.3) is 5.91 Å². The van der Waals surface area contributed by atoms with Gasteiger partial charge in [0.05, 0.1) is 0 Å². The number of hydrogen-bond donors (Lipinski definition) is 3. The fourth-order valence-corrected chi connectivity index (χ4v) is 4.11. The molecule has 5 nitrogen and oxygen atoms in total. The molecule has 3 heterocycles. The van der Waals surface area contributed by atoms with E-state index in [9.17, 15) is 4.79 Å². The van der Waals surface area contributed by atoms with E-state index in [1.54, 1.807) is 24.6 Å². The molecule has 3 aromatic heterocycles. The van der Waals surface area contributed by atoms with Gasteiger partial charge in [-0.1, -0.05) is 12.6 Å². The Balaban J connectivity index is 1.94. The zero-order chi connectivity index (χ0) is 17.6. The number of aromatic nitrogens is 2. The van der Waals surface area contributed by atoms with Crippen molar-refractivity contribution in [1.29, 1.82) is 0 Å². The molecule has 1 aromatic carbocycles. The van der Waals surface area contributed by atoms with Gasteiger partial charge in [0, 0.05) is 51.7 Å². The number of nitrogens with zero attached hydrogens (tertiary/aromatic N) is 1. The minimum atomic E-state index is -0.225. The molecule has 4 rings (SSSR count). The Hall–Kier alpha value is -3.12. The molecule has 0 bridgehead atoms. The number of anilines is 1. The molecule has 4 aromatic rings. The topological polar surface area (TPSA) is 83.8 Å². The van der Waals surface area contributed by atoms with E-state index < -0.39 is 0 Å². The number of benzene rings is 1. The van der Waals surface area contributed by atoms with Crippen LogP contribution in [0.2, 0.25) is 0 Å². The van der Waals surface area contributed by atoms with E-state index in [4.69, 9.17) is 5.73 Å². The van der Waals surface area contributed by atoms with Crippen LogP contribution in [0.3, 0.4) is 0 Å². The lowest BCUT2D eigenvalue weighted by molar-refractivity contribution is -0.115. The van der Waals surface area contributed by atoms with Crippen LogP contribution in [-0.2, 0) is 4.79 Å². The Morgan fingerprint density at radius 2 is 2.20 bits per heavy atom. The highest BCUT2D eigenvalue weighted by molar-refractivity contribution is 7.18. The summed E-state index contributed by atoms with van der Waals surface area (Å²) in [6.45, 7) is 3.90. The van der Waals surface area contributed by atoms with E-state index in [-0.39, 0.29) is 5.91 Å². The van der Waals surface area contributed by atoms with Crippen molar-refractivity contribution in [3.05, 3.63) is 54.2 Å². The van der Waals surface area contributed by atoms with Crippen molar-refractivity contribution in [2.75, 3.05) is 12.8 Å². The highest BCUT2D eigenvalue weighted by Gasteiger charge is 2.18. The summed E-state index contributed by atoms with van der Waals surface area (Å²) in [5.74, 6) is 0.227. The molecule has 0 saturated carbocycles. The van der Waals surface area contributed by atoms with Crippen LogP contribution in [0.5, 0.6) is 0 Å². The monoisotopic (exact) mass is 348 g/mol. The van der Waals surface area contributed by atoms with Gasteiger partial charge in [0.15, 0.2) is 0 Å². The average molecular weight is 348 g/mol. The van der Waals surface area contributed by atoms with Gasteiger partial charge in [-0.3, -0.25) is 4.79 Å². The quantitative estimate of drug-likeness (QED) is 0.493. The van der Waals surface area contributed by atoms with Crippen LogP contribution >= 0.6 is 11.3 Å². The van der Waals surface area contributed by atoms with Crippen LogP contribution in [-0.4, -0.2) is 22.9 Å². The number of hydrogen-bond acceptors (Lipinski definition) is 4. The minimum Gasteiger partial charge on any atom is -0.383 e. The molecule has 6 heteroatoms. The van der Waals surface area contributed by atoms with Crippen molar-refractivity contribution < 1.29 is 4.79 Å². The van der Waals surface area contributed by atoms with Crippen LogP contribution < -0.4 is 11.1 Å². The summed E-state index contributed by atoms with van der Waals surface area (Å²) < 4.78 is 0.922. The zero-order valence-corrected chi connectivity index (χ0v) is 14.4. The number of pyridine rings is 1. The van der Waals surface area contributed by atoms with Gasteiger partial charge in [0.1, 0.15) is 5.82 Å². The number of carbonyl (C=O) groups is 1. The molecule has 0 aliphatic rings. The molecule has 124 valence electrons. The number of thiophene rings is 1. The summed E-state index contributed by atoms with van der Waals surface area (Å²) in [7, 11) is 1.58. The third-order valence-electron chi connectivity index (χ3n) is 4.32. The van der Waals surface area contributed by atoms with Crippen LogP contribution in [0.1, 0.15) is 5.56 Å². The van der Waals surface area contributed by atoms with Gasteiger partial charge in [-0.15, -0.1) is 11.3 Å². The number of carbonyl (C=O) groups excluding carboxylic acids is 1. The summed E-state index contributed by atoms with van der Waals surface area (Å²) in [4.78, 5) is 19.5. The molecule has 0 aliphatic heterocycles. The Kier molecular flexibility index (Phi) is 3.54. The number of fused-ring (bicyclic) bond motifs is 2. The lowest BCUT2D eigenvalue weighted by Gasteiger charge is -2.08. The van der Waals surface area contributed by atoms with Crippen molar-refractivity contribution in [3.63, 3.8) is 0 Å². The highest BCUT2D eigenvalue weighted by Crippen LogP contribution is 2.40. The van der Waals surface area contributed by atoms with E-state index >= 15 is 0 Å². The summed E-state index contributed by atoms with van der Waals surface area (Å²) in [5.41, 5.74) is 10.4. The highest BCUT2D eigenvalue weighted by atomic mass is 32.1. The van der Waals surface area contributed by atoms with Gasteiger partial charge in [-0.25, -0.2) is 4.98 Å². The number of nitrogen functional groups attached to an aromatic ring is 1. The SMILES string of the molecule is C=C(C(=O)NC)c1cnc(N)c2c(-c3ccc4[nH]ccc4c3)csc12. The molecule has 25 heavy (non-hydrogen) atoms. The number of H-pyrrole nitrogens is 1. The number of rotatable bonds is 3. The second kappa shape index (κ2) is 5.75. The molecule has 0 spiro atoms. The molecular formula is C19H16N4OS. The van der Waals surface area contributed by atoms with Crippen LogP contribution in [0, 0.1) is 0 Å². The molecule has 4 N–H and O–H groups in total. The molecule has 0 unspecified atom stereocenters. The predicted octanol–water partition coefficient (Wildman–Crippen LogP) is 3.79. The smallest absolute Gasteiger partial charge is 0.251 e. The number of nitrogens with two attached hydrogens (primary N) is 1. The second-order valence-corrected chi connectivity index (χ2v) is 6.63. The van der Waals surface area contributed by atoms with E-state index in [2.05, 4.69) is 39.4 Å². The maximum atomic E-state index is 12.0. The lowest BCUT2D eigenvalue weighted by atomic mass is 10.0. The van der Waals surface area contributed by atoms with Gasteiger partial charge < -0.3 is 16.0 Å². The van der Waals surface area contributed by atoms with E-state index in [1.807, 2.05) is 18.3 Å². The van der Waals surface area contributed by atoms with Crippen molar-refractivity contribution in [2.45, 2.75) is 0 Å². The molecule has 0 aliphatic carbocycles. The fourth-order valence-electron chi connectivity index (χ4n) is 2.99. The summed E-state index contributed by atoms with van der Waals surface area (Å²) in [5, 5.41) is 6.65. The summed E-state index contributed by atoms with van der Waals surface area (Å²) in [6, 6.07) is 8.26. The second-order valence-electron chi connectivity index (χ2n) is 5.75. The van der Waals surface area contributed by atoms with Gasteiger partial charge in [-0.2, -0.15) is 0 Å². The Morgan fingerprint density at radius 3 is 3.00 bits per heavy atom. The van der Waals surface area contributed by atoms with Crippen LogP contribution in [0.25, 0.3) is 37.7 Å². The Bertz CT molecular complexity index is 1140. The Labute approximate surface area is 148 Å². The largest absolute Gasteiger partial charge is 0.383 e. The first-order valence-corrected chi connectivity index (χ1v) is 8.62. The number of amides is 1. The standard InChI is InChI=1S/C19H16N4OS/c1-10(19(24)21-2)13-8-23-18(20)16-14(9-25-17(13)16)11-3-4-15-12(7-11)5-6-22-15/h3-9,22H,1H2,2H3,(H2,20,23)(H,21,24).